The molecule has 0 saturated heterocycles. The molecule has 2 heterocycles. The van der Waals surface area contributed by atoms with Gasteiger partial charge in [-0.2, -0.15) is 0 Å². The quantitative estimate of drug-likeness (QED) is 0.721. The lowest BCUT2D eigenvalue weighted by molar-refractivity contribution is 0.352. The summed E-state index contributed by atoms with van der Waals surface area (Å²) in [5.41, 5.74) is 0.933. The van der Waals surface area contributed by atoms with E-state index in [-0.39, 0.29) is 12.1 Å². The summed E-state index contributed by atoms with van der Waals surface area (Å²) >= 11 is 0. The average Bonchev–Trinajstić information content (AvgIpc) is 3.13. The molecule has 2 aromatic heterocycles. The minimum atomic E-state index is 0.137. The van der Waals surface area contributed by atoms with E-state index in [2.05, 4.69) is 31.3 Å². The van der Waals surface area contributed by atoms with Crippen LogP contribution in [0.5, 0.6) is 0 Å². The Kier molecular flexibility index (Phi) is 3.61. The SMILES string of the molecule is CCC(NC(C)c1cc2ccccc2o1)c1ccco1. The Balaban J connectivity index is 1.79. The van der Waals surface area contributed by atoms with Crippen LogP contribution in [-0.4, -0.2) is 0 Å². The Morgan fingerprint density at radius 2 is 1.95 bits per heavy atom. The molecule has 2 unspecified atom stereocenters. The van der Waals surface area contributed by atoms with Crippen LogP contribution in [-0.2, 0) is 0 Å². The van der Waals surface area contributed by atoms with Crippen LogP contribution in [0.2, 0.25) is 0 Å². The van der Waals surface area contributed by atoms with Gasteiger partial charge >= 0.3 is 0 Å². The standard InChI is InChI=1S/C17H19NO2/c1-3-14(16-9-6-10-19-16)18-12(2)17-11-13-7-4-5-8-15(13)20-17/h4-12,14,18H,3H2,1-2H3. The lowest BCUT2D eigenvalue weighted by Crippen LogP contribution is -2.23. The van der Waals surface area contributed by atoms with Crippen LogP contribution in [0.4, 0.5) is 0 Å². The summed E-state index contributed by atoms with van der Waals surface area (Å²) in [7, 11) is 0. The summed E-state index contributed by atoms with van der Waals surface area (Å²) in [4.78, 5) is 0. The van der Waals surface area contributed by atoms with Crippen molar-refractivity contribution in [3.63, 3.8) is 0 Å². The molecule has 20 heavy (non-hydrogen) atoms. The highest BCUT2D eigenvalue weighted by atomic mass is 16.3. The van der Waals surface area contributed by atoms with Gasteiger partial charge < -0.3 is 8.83 Å². The molecule has 3 aromatic rings. The van der Waals surface area contributed by atoms with E-state index in [4.69, 9.17) is 8.83 Å². The summed E-state index contributed by atoms with van der Waals surface area (Å²) in [6.07, 6.45) is 2.68. The minimum absolute atomic E-state index is 0.137. The fourth-order valence-electron chi connectivity index (χ4n) is 2.49. The molecule has 0 fully saturated rings. The Labute approximate surface area is 118 Å². The maximum Gasteiger partial charge on any atom is 0.134 e. The van der Waals surface area contributed by atoms with Gasteiger partial charge in [0, 0.05) is 5.39 Å². The third kappa shape index (κ3) is 2.49. The number of para-hydroxylation sites is 1. The van der Waals surface area contributed by atoms with Crippen molar-refractivity contribution in [2.24, 2.45) is 0 Å². The fraction of sp³-hybridized carbons (Fsp3) is 0.294. The lowest BCUT2D eigenvalue weighted by Gasteiger charge is -2.19. The molecule has 0 aliphatic carbocycles. The second-order valence-electron chi connectivity index (χ2n) is 5.05. The van der Waals surface area contributed by atoms with Crippen molar-refractivity contribution >= 4 is 11.0 Å². The van der Waals surface area contributed by atoms with Crippen LogP contribution in [0.1, 0.15) is 43.9 Å². The van der Waals surface area contributed by atoms with Crippen molar-refractivity contribution in [1.29, 1.82) is 0 Å². The summed E-state index contributed by atoms with van der Waals surface area (Å²) < 4.78 is 11.4. The van der Waals surface area contributed by atoms with Crippen molar-refractivity contribution in [2.75, 3.05) is 0 Å². The van der Waals surface area contributed by atoms with Crippen molar-refractivity contribution in [3.8, 4) is 0 Å². The molecule has 0 aliphatic heterocycles. The van der Waals surface area contributed by atoms with E-state index >= 15 is 0 Å². The molecule has 3 heteroatoms. The summed E-state index contributed by atoms with van der Waals surface area (Å²) in [5.74, 6) is 1.92. The number of hydrogen-bond acceptors (Lipinski definition) is 3. The molecule has 0 saturated carbocycles. The molecule has 2 atom stereocenters. The van der Waals surface area contributed by atoms with E-state index in [0.29, 0.717) is 0 Å². The van der Waals surface area contributed by atoms with E-state index in [1.54, 1.807) is 6.26 Å². The van der Waals surface area contributed by atoms with Gasteiger partial charge in [0.2, 0.25) is 0 Å². The van der Waals surface area contributed by atoms with Crippen molar-refractivity contribution in [3.05, 3.63) is 60.2 Å². The molecule has 0 radical (unpaired) electrons. The number of furan rings is 2. The Hall–Kier alpha value is -2.00. The molecule has 1 N–H and O–H groups in total. The molecule has 104 valence electrons. The van der Waals surface area contributed by atoms with Crippen LogP contribution in [0.3, 0.4) is 0 Å². The maximum absolute atomic E-state index is 5.90. The van der Waals surface area contributed by atoms with Gasteiger partial charge in [-0.3, -0.25) is 5.32 Å². The number of hydrogen-bond donors (Lipinski definition) is 1. The molecule has 0 spiro atoms. The summed E-state index contributed by atoms with van der Waals surface area (Å²) in [6, 6.07) is 14.4. The van der Waals surface area contributed by atoms with Crippen molar-refractivity contribution in [2.45, 2.75) is 32.4 Å². The van der Waals surface area contributed by atoms with Crippen LogP contribution in [0, 0.1) is 0 Å². The van der Waals surface area contributed by atoms with Gasteiger partial charge in [0.15, 0.2) is 0 Å². The molecule has 0 amide bonds. The Morgan fingerprint density at radius 3 is 2.65 bits per heavy atom. The highest BCUT2D eigenvalue weighted by Gasteiger charge is 2.18. The third-order valence-corrected chi connectivity index (χ3v) is 3.62. The number of rotatable bonds is 5. The van der Waals surface area contributed by atoms with E-state index in [1.165, 1.54) is 0 Å². The van der Waals surface area contributed by atoms with Gasteiger partial charge in [-0.1, -0.05) is 25.1 Å². The minimum Gasteiger partial charge on any atom is -0.468 e. The molecular formula is C17H19NO2. The highest BCUT2D eigenvalue weighted by Crippen LogP contribution is 2.26. The lowest BCUT2D eigenvalue weighted by atomic mass is 10.1. The molecule has 0 bridgehead atoms. The smallest absolute Gasteiger partial charge is 0.134 e. The van der Waals surface area contributed by atoms with E-state index in [0.717, 1.165) is 28.9 Å². The largest absolute Gasteiger partial charge is 0.468 e. The average molecular weight is 269 g/mol. The third-order valence-electron chi connectivity index (χ3n) is 3.62. The van der Waals surface area contributed by atoms with E-state index in [9.17, 15) is 0 Å². The first-order valence-electron chi connectivity index (χ1n) is 7.06. The number of nitrogens with one attached hydrogen (secondary N) is 1. The Morgan fingerprint density at radius 1 is 1.10 bits per heavy atom. The topological polar surface area (TPSA) is 38.3 Å². The fourth-order valence-corrected chi connectivity index (χ4v) is 2.49. The zero-order valence-electron chi connectivity index (χ0n) is 11.8. The number of benzene rings is 1. The first-order chi connectivity index (χ1) is 9.78. The predicted molar refractivity (Wildman–Crippen MR) is 79.5 cm³/mol. The van der Waals surface area contributed by atoms with Gasteiger partial charge in [-0.25, -0.2) is 0 Å². The normalized spacial score (nSPS) is 14.5. The van der Waals surface area contributed by atoms with E-state index < -0.39 is 0 Å². The predicted octanol–water partition coefficient (Wildman–Crippen LogP) is 4.83. The van der Waals surface area contributed by atoms with Crippen molar-refractivity contribution < 1.29 is 8.83 Å². The molecule has 0 aliphatic rings. The van der Waals surface area contributed by atoms with Crippen LogP contribution < -0.4 is 5.32 Å². The second kappa shape index (κ2) is 5.55. The summed E-state index contributed by atoms with van der Waals surface area (Å²) in [6.45, 7) is 4.26. The first-order valence-corrected chi connectivity index (χ1v) is 7.06. The van der Waals surface area contributed by atoms with Crippen LogP contribution in [0.25, 0.3) is 11.0 Å². The number of fused-ring (bicyclic) bond motifs is 1. The maximum atomic E-state index is 5.90. The Bertz CT molecular complexity index is 636. The second-order valence-corrected chi connectivity index (χ2v) is 5.05. The molecular weight excluding hydrogens is 250 g/mol. The summed E-state index contributed by atoms with van der Waals surface area (Å²) in [5, 5.41) is 4.70. The zero-order chi connectivity index (χ0) is 13.9. The van der Waals surface area contributed by atoms with Crippen LogP contribution >= 0.6 is 0 Å². The molecule has 3 rings (SSSR count). The van der Waals surface area contributed by atoms with Crippen LogP contribution in [0.15, 0.2) is 57.6 Å². The van der Waals surface area contributed by atoms with Gasteiger partial charge in [-0.15, -0.1) is 0 Å². The van der Waals surface area contributed by atoms with Gasteiger partial charge in [0.05, 0.1) is 18.3 Å². The van der Waals surface area contributed by atoms with Gasteiger partial charge in [0.1, 0.15) is 17.1 Å². The van der Waals surface area contributed by atoms with Gasteiger partial charge in [-0.05, 0) is 37.6 Å². The molecule has 1 aromatic carbocycles. The van der Waals surface area contributed by atoms with E-state index in [1.807, 2.05) is 30.3 Å². The monoisotopic (exact) mass is 269 g/mol. The molecule has 3 nitrogen and oxygen atoms in total. The first kappa shape index (κ1) is 13.0. The zero-order valence-corrected chi connectivity index (χ0v) is 11.8. The highest BCUT2D eigenvalue weighted by molar-refractivity contribution is 5.77. The van der Waals surface area contributed by atoms with Gasteiger partial charge in [0.25, 0.3) is 0 Å². The van der Waals surface area contributed by atoms with Crippen molar-refractivity contribution in [1.82, 2.24) is 5.32 Å².